The van der Waals surface area contributed by atoms with E-state index in [9.17, 15) is 4.79 Å². The van der Waals surface area contributed by atoms with Crippen LogP contribution in [0.2, 0.25) is 0 Å². The lowest BCUT2D eigenvalue weighted by Gasteiger charge is -2.18. The monoisotopic (exact) mass is 280 g/mol. The lowest BCUT2D eigenvalue weighted by Crippen LogP contribution is -2.35. The van der Waals surface area contributed by atoms with Crippen LogP contribution in [0.25, 0.3) is 10.2 Å². The van der Waals surface area contributed by atoms with Crippen molar-refractivity contribution in [1.29, 1.82) is 0 Å². The number of aromatic nitrogens is 2. The molecular weight excluding hydrogens is 264 g/mol. The Hall–Kier alpha value is -1.93. The van der Waals surface area contributed by atoms with Crippen LogP contribution in [0.15, 0.2) is 11.4 Å². The van der Waals surface area contributed by atoms with Gasteiger partial charge in [0, 0.05) is 13.6 Å². The molecule has 0 spiro atoms. The highest BCUT2D eigenvalue weighted by molar-refractivity contribution is 7.16. The van der Waals surface area contributed by atoms with E-state index < -0.39 is 0 Å². The average Bonchev–Trinajstić information content (AvgIpc) is 2.85. The SMILES string of the molecule is CCNC(=O)CN(C)c1nc(NN)nc2sccc12. The zero-order chi connectivity index (χ0) is 13.8. The molecule has 4 N–H and O–H groups in total. The minimum Gasteiger partial charge on any atom is -0.355 e. The second kappa shape index (κ2) is 5.81. The van der Waals surface area contributed by atoms with Crippen molar-refractivity contribution >= 4 is 39.2 Å². The Morgan fingerprint density at radius 3 is 3.00 bits per heavy atom. The number of carbonyl (C=O) groups excluding carboxylic acids is 1. The fourth-order valence-electron chi connectivity index (χ4n) is 1.74. The van der Waals surface area contributed by atoms with Gasteiger partial charge in [-0.3, -0.25) is 10.2 Å². The lowest BCUT2D eigenvalue weighted by atomic mass is 10.3. The Labute approximate surface area is 114 Å². The van der Waals surface area contributed by atoms with E-state index in [-0.39, 0.29) is 12.5 Å². The quantitative estimate of drug-likeness (QED) is 0.547. The van der Waals surface area contributed by atoms with Crippen molar-refractivity contribution in [1.82, 2.24) is 15.3 Å². The van der Waals surface area contributed by atoms with E-state index in [1.807, 2.05) is 25.4 Å². The highest BCUT2D eigenvalue weighted by atomic mass is 32.1. The third-order valence-corrected chi connectivity index (χ3v) is 3.36. The van der Waals surface area contributed by atoms with Gasteiger partial charge in [-0.15, -0.1) is 11.3 Å². The predicted molar refractivity (Wildman–Crippen MR) is 77.2 cm³/mol. The lowest BCUT2D eigenvalue weighted by molar-refractivity contribution is -0.119. The Morgan fingerprint density at radius 1 is 1.53 bits per heavy atom. The van der Waals surface area contributed by atoms with Crippen LogP contribution in [0.3, 0.4) is 0 Å². The first-order valence-electron chi connectivity index (χ1n) is 5.85. The molecule has 0 saturated carbocycles. The van der Waals surface area contributed by atoms with Gasteiger partial charge in [-0.1, -0.05) is 0 Å². The van der Waals surface area contributed by atoms with Gasteiger partial charge < -0.3 is 10.2 Å². The zero-order valence-corrected chi connectivity index (χ0v) is 11.6. The standard InChI is InChI=1S/C11H16N6OS/c1-3-13-8(18)6-17(2)9-7-4-5-19-10(7)15-11(14-9)16-12/h4-5H,3,6,12H2,1-2H3,(H,13,18)(H,14,15,16). The van der Waals surface area contributed by atoms with Gasteiger partial charge in [-0.05, 0) is 18.4 Å². The molecule has 0 bridgehead atoms. The number of nitrogen functional groups attached to an aromatic ring is 1. The fourth-order valence-corrected chi connectivity index (χ4v) is 2.50. The van der Waals surface area contributed by atoms with Crippen LogP contribution in [0, 0.1) is 0 Å². The van der Waals surface area contributed by atoms with Gasteiger partial charge in [0.15, 0.2) is 0 Å². The van der Waals surface area contributed by atoms with Crippen molar-refractivity contribution in [3.8, 4) is 0 Å². The van der Waals surface area contributed by atoms with Crippen LogP contribution in [0.5, 0.6) is 0 Å². The van der Waals surface area contributed by atoms with Gasteiger partial charge in [0.25, 0.3) is 0 Å². The molecule has 7 nitrogen and oxygen atoms in total. The van der Waals surface area contributed by atoms with E-state index in [1.165, 1.54) is 11.3 Å². The van der Waals surface area contributed by atoms with Crippen LogP contribution in [0.1, 0.15) is 6.92 Å². The van der Waals surface area contributed by atoms with Gasteiger partial charge in [-0.2, -0.15) is 4.98 Å². The molecule has 1 amide bonds. The van der Waals surface area contributed by atoms with E-state index in [1.54, 1.807) is 4.90 Å². The first kappa shape index (κ1) is 13.5. The number of rotatable bonds is 5. The maximum atomic E-state index is 11.6. The number of fused-ring (bicyclic) bond motifs is 1. The maximum absolute atomic E-state index is 11.6. The number of hydrogen-bond donors (Lipinski definition) is 3. The molecule has 2 heterocycles. The topological polar surface area (TPSA) is 96.2 Å². The Morgan fingerprint density at radius 2 is 2.32 bits per heavy atom. The maximum Gasteiger partial charge on any atom is 0.240 e. The summed E-state index contributed by atoms with van der Waals surface area (Å²) in [5.41, 5.74) is 2.44. The minimum absolute atomic E-state index is 0.0470. The third-order valence-electron chi connectivity index (χ3n) is 2.55. The van der Waals surface area contributed by atoms with E-state index in [2.05, 4.69) is 20.7 Å². The van der Waals surface area contributed by atoms with Crippen molar-refractivity contribution in [2.24, 2.45) is 5.84 Å². The first-order valence-corrected chi connectivity index (χ1v) is 6.73. The zero-order valence-electron chi connectivity index (χ0n) is 10.8. The molecule has 0 saturated heterocycles. The molecule has 2 aromatic rings. The van der Waals surface area contributed by atoms with Crippen molar-refractivity contribution in [2.45, 2.75) is 6.92 Å². The minimum atomic E-state index is -0.0470. The smallest absolute Gasteiger partial charge is 0.240 e. The van der Waals surface area contributed by atoms with Crippen LogP contribution in [-0.4, -0.2) is 36.0 Å². The number of amides is 1. The summed E-state index contributed by atoms with van der Waals surface area (Å²) in [7, 11) is 1.81. The number of hydrogen-bond acceptors (Lipinski definition) is 7. The van der Waals surface area contributed by atoms with Crippen LogP contribution >= 0.6 is 11.3 Å². The molecule has 0 aliphatic heterocycles. The first-order chi connectivity index (χ1) is 9.15. The molecule has 8 heteroatoms. The van der Waals surface area contributed by atoms with Crippen molar-refractivity contribution in [2.75, 3.05) is 30.5 Å². The molecule has 0 radical (unpaired) electrons. The number of nitrogens with one attached hydrogen (secondary N) is 2. The average molecular weight is 280 g/mol. The molecule has 2 rings (SSSR count). The number of nitrogens with two attached hydrogens (primary N) is 1. The molecule has 102 valence electrons. The summed E-state index contributed by atoms with van der Waals surface area (Å²) in [5.74, 6) is 6.34. The van der Waals surface area contributed by atoms with Gasteiger partial charge in [0.1, 0.15) is 10.6 Å². The number of likely N-dealkylation sites (N-methyl/N-ethyl adjacent to an activating group) is 2. The molecule has 19 heavy (non-hydrogen) atoms. The highest BCUT2D eigenvalue weighted by Crippen LogP contribution is 2.28. The van der Waals surface area contributed by atoms with Crippen LogP contribution in [-0.2, 0) is 4.79 Å². The third kappa shape index (κ3) is 2.91. The number of thiophene rings is 1. The second-order valence-electron chi connectivity index (χ2n) is 3.96. The summed E-state index contributed by atoms with van der Waals surface area (Å²) < 4.78 is 0. The summed E-state index contributed by atoms with van der Waals surface area (Å²) in [4.78, 5) is 22.8. The van der Waals surface area contributed by atoms with Gasteiger partial charge in [0.05, 0.1) is 11.9 Å². The van der Waals surface area contributed by atoms with Gasteiger partial charge >= 0.3 is 0 Å². The summed E-state index contributed by atoms with van der Waals surface area (Å²) in [6.07, 6.45) is 0. The van der Waals surface area contributed by atoms with Crippen molar-refractivity contribution < 1.29 is 4.79 Å². The van der Waals surface area contributed by atoms with Gasteiger partial charge in [0.2, 0.25) is 11.9 Å². The summed E-state index contributed by atoms with van der Waals surface area (Å²) in [6, 6.07) is 1.93. The molecule has 0 fully saturated rings. The van der Waals surface area contributed by atoms with E-state index in [4.69, 9.17) is 5.84 Å². The molecule has 0 unspecified atom stereocenters. The summed E-state index contributed by atoms with van der Waals surface area (Å²) in [6.45, 7) is 2.73. The molecule has 2 aromatic heterocycles. The summed E-state index contributed by atoms with van der Waals surface area (Å²) in [5, 5.41) is 5.60. The second-order valence-corrected chi connectivity index (χ2v) is 4.86. The van der Waals surface area contributed by atoms with E-state index in [0.717, 1.165) is 10.2 Å². The fraction of sp³-hybridized carbons (Fsp3) is 0.364. The Bertz CT molecular complexity index is 584. The number of carbonyl (C=O) groups is 1. The van der Waals surface area contributed by atoms with Crippen LogP contribution < -0.4 is 21.5 Å². The van der Waals surface area contributed by atoms with E-state index in [0.29, 0.717) is 18.3 Å². The largest absolute Gasteiger partial charge is 0.355 e. The molecular formula is C11H16N6OS. The number of anilines is 2. The number of nitrogens with zero attached hydrogens (tertiary/aromatic N) is 3. The van der Waals surface area contributed by atoms with E-state index >= 15 is 0 Å². The van der Waals surface area contributed by atoms with Crippen molar-refractivity contribution in [3.63, 3.8) is 0 Å². The molecule has 0 aromatic carbocycles. The molecule has 0 aliphatic carbocycles. The Kier molecular flexibility index (Phi) is 4.13. The number of hydrazine groups is 1. The molecule has 0 atom stereocenters. The normalized spacial score (nSPS) is 10.5. The predicted octanol–water partition coefficient (Wildman–Crippen LogP) is 0.549. The van der Waals surface area contributed by atoms with Crippen molar-refractivity contribution in [3.05, 3.63) is 11.4 Å². The highest BCUT2D eigenvalue weighted by Gasteiger charge is 2.14. The van der Waals surface area contributed by atoms with Crippen LogP contribution in [0.4, 0.5) is 11.8 Å². The summed E-state index contributed by atoms with van der Waals surface area (Å²) >= 11 is 1.50. The van der Waals surface area contributed by atoms with Gasteiger partial charge in [-0.25, -0.2) is 10.8 Å². The Balaban J connectivity index is 2.32. The molecule has 0 aliphatic rings.